The maximum Gasteiger partial charge on any atom is 0.338 e. The first kappa shape index (κ1) is 18.7. The number of esters is 1. The van der Waals surface area contributed by atoms with Crippen molar-refractivity contribution in [2.75, 3.05) is 6.61 Å². The third-order valence-electron chi connectivity index (χ3n) is 4.03. The summed E-state index contributed by atoms with van der Waals surface area (Å²) in [4.78, 5) is 22.5. The van der Waals surface area contributed by atoms with Crippen molar-refractivity contribution in [3.05, 3.63) is 33.9 Å². The summed E-state index contributed by atoms with van der Waals surface area (Å²) in [6.07, 6.45) is 6.85. The minimum atomic E-state index is -0.671. The topological polar surface area (TPSA) is 111 Å². The number of hydrogen-bond acceptors (Lipinski definition) is 8. The first-order valence-corrected chi connectivity index (χ1v) is 8.44. The lowest BCUT2D eigenvalue weighted by Gasteiger charge is -2.21. The predicted octanol–water partition coefficient (Wildman–Crippen LogP) is 2.95. The molecule has 132 valence electrons. The van der Waals surface area contributed by atoms with Crippen LogP contribution in [0, 0.1) is 16.0 Å². The largest absolute Gasteiger partial charge is 0.691 e. The van der Waals surface area contributed by atoms with E-state index >= 15 is 0 Å². The Kier molecular flexibility index (Phi) is 7.44. The summed E-state index contributed by atoms with van der Waals surface area (Å²) in [5.41, 5.74) is -0.281. The molecule has 0 spiro atoms. The Morgan fingerprint density at radius 3 is 2.71 bits per heavy atom. The van der Waals surface area contributed by atoms with Gasteiger partial charge in [-0.25, -0.2) is 4.79 Å². The molecule has 0 amide bonds. The lowest BCUT2D eigenvalue weighted by Crippen LogP contribution is -2.13. The quantitative estimate of drug-likeness (QED) is 0.230. The van der Waals surface area contributed by atoms with E-state index in [-0.39, 0.29) is 16.1 Å². The lowest BCUT2D eigenvalue weighted by molar-refractivity contribution is -0.777. The average molecular weight is 356 g/mol. The van der Waals surface area contributed by atoms with Gasteiger partial charge in [-0.15, -0.1) is 0 Å². The van der Waals surface area contributed by atoms with E-state index < -0.39 is 10.9 Å². The second-order valence-electron chi connectivity index (χ2n) is 5.59. The van der Waals surface area contributed by atoms with Crippen molar-refractivity contribution in [2.45, 2.75) is 43.4 Å². The van der Waals surface area contributed by atoms with Gasteiger partial charge in [-0.1, -0.05) is 32.1 Å². The van der Waals surface area contributed by atoms with Crippen LogP contribution < -0.4 is 5.26 Å². The van der Waals surface area contributed by atoms with Gasteiger partial charge in [-0.05, 0) is 24.5 Å². The highest BCUT2D eigenvalue weighted by Gasteiger charge is 2.20. The van der Waals surface area contributed by atoms with Crippen LogP contribution in [0.3, 0.4) is 0 Å². The molecule has 0 aromatic heterocycles. The molecular formula is C15H18NO7S-. The molecule has 2 rings (SSSR count). The molecule has 1 aromatic carbocycles. The van der Waals surface area contributed by atoms with Crippen molar-refractivity contribution in [3.63, 3.8) is 0 Å². The van der Waals surface area contributed by atoms with Gasteiger partial charge < -0.3 is 9.99 Å². The van der Waals surface area contributed by atoms with Gasteiger partial charge in [0.1, 0.15) is 4.90 Å². The first-order valence-electron chi connectivity index (χ1n) is 7.70. The monoisotopic (exact) mass is 356 g/mol. The third-order valence-corrected chi connectivity index (χ3v) is 4.68. The van der Waals surface area contributed by atoms with Crippen LogP contribution in [0.5, 0.6) is 0 Å². The zero-order chi connectivity index (χ0) is 17.4. The van der Waals surface area contributed by atoms with Crippen molar-refractivity contribution < 1.29 is 29.1 Å². The van der Waals surface area contributed by atoms with Crippen LogP contribution >= 0.6 is 12.0 Å². The van der Waals surface area contributed by atoms with Gasteiger partial charge in [-0.2, -0.15) is 4.33 Å². The standard InChI is InChI=1S/C15H19NO7S/c17-15(21-9-8-11-4-2-1-3-5-11)12-6-7-14(24-23-22-20)13(10-12)16(18)19/h6-7,10-11,20H,1-5,8-9H2/p-1. The van der Waals surface area contributed by atoms with Crippen molar-refractivity contribution >= 4 is 23.7 Å². The van der Waals surface area contributed by atoms with Crippen LogP contribution in [0.25, 0.3) is 0 Å². The fourth-order valence-electron chi connectivity index (χ4n) is 2.79. The van der Waals surface area contributed by atoms with E-state index in [9.17, 15) is 20.2 Å². The highest BCUT2D eigenvalue weighted by molar-refractivity contribution is 7.94. The predicted molar refractivity (Wildman–Crippen MR) is 82.6 cm³/mol. The number of nitro groups is 1. The van der Waals surface area contributed by atoms with Gasteiger partial charge in [0.15, 0.2) is 0 Å². The molecule has 8 nitrogen and oxygen atoms in total. The van der Waals surface area contributed by atoms with E-state index in [4.69, 9.17) is 4.74 Å². The average Bonchev–Trinajstić information content (AvgIpc) is 2.60. The van der Waals surface area contributed by atoms with Gasteiger partial charge in [0, 0.05) is 6.07 Å². The van der Waals surface area contributed by atoms with Crippen LogP contribution in [-0.2, 0) is 14.1 Å². The molecule has 0 aliphatic heterocycles. The molecule has 9 heteroatoms. The van der Waals surface area contributed by atoms with Crippen molar-refractivity contribution in [1.82, 2.24) is 0 Å². The summed E-state index contributed by atoms with van der Waals surface area (Å²) in [7, 11) is 0. The maximum absolute atomic E-state index is 12.0. The molecule has 1 fully saturated rings. The molecule has 0 heterocycles. The van der Waals surface area contributed by atoms with Gasteiger partial charge >= 0.3 is 5.97 Å². The Morgan fingerprint density at radius 2 is 2.04 bits per heavy atom. The molecule has 24 heavy (non-hydrogen) atoms. The second-order valence-corrected chi connectivity index (χ2v) is 6.33. The molecule has 1 aliphatic rings. The Labute approximate surface area is 143 Å². The number of rotatable bonds is 8. The molecule has 0 radical (unpaired) electrons. The van der Waals surface area contributed by atoms with Gasteiger partial charge in [-0.3, -0.25) is 15.2 Å². The summed E-state index contributed by atoms with van der Waals surface area (Å²) >= 11 is 0.404. The molecule has 0 unspecified atom stereocenters. The number of nitro benzene ring substituents is 1. The number of hydrogen-bond donors (Lipinski definition) is 0. The molecule has 1 aliphatic carbocycles. The molecule has 1 saturated carbocycles. The summed E-state index contributed by atoms with van der Waals surface area (Å²) < 4.78 is 9.30. The molecule has 0 N–H and O–H groups in total. The van der Waals surface area contributed by atoms with E-state index in [1.165, 1.54) is 31.4 Å². The van der Waals surface area contributed by atoms with Crippen molar-refractivity contribution in [1.29, 1.82) is 0 Å². The Morgan fingerprint density at radius 1 is 1.29 bits per heavy atom. The van der Waals surface area contributed by atoms with Crippen LogP contribution in [0.4, 0.5) is 5.69 Å². The van der Waals surface area contributed by atoms with Crippen LogP contribution in [0.15, 0.2) is 23.1 Å². The Bertz CT molecular complexity index is 575. The fourth-order valence-corrected chi connectivity index (χ4v) is 3.23. The van der Waals surface area contributed by atoms with Crippen LogP contribution in [0.1, 0.15) is 48.9 Å². The highest BCUT2D eigenvalue weighted by Crippen LogP contribution is 2.31. The minimum Gasteiger partial charge on any atom is -0.691 e. The van der Waals surface area contributed by atoms with E-state index in [1.54, 1.807) is 0 Å². The summed E-state index contributed by atoms with van der Waals surface area (Å²) in [6, 6.07) is 3.78. The Balaban J connectivity index is 1.93. The zero-order valence-electron chi connectivity index (χ0n) is 13.0. The fraction of sp³-hybridized carbons (Fsp3) is 0.533. The Hall–Kier alpha value is -1.68. The minimum absolute atomic E-state index is 0.0506. The molecular weight excluding hydrogens is 338 g/mol. The summed E-state index contributed by atoms with van der Waals surface area (Å²) in [5, 5.41) is 24.0. The van der Waals surface area contributed by atoms with Gasteiger partial charge in [0.2, 0.25) is 0 Å². The van der Waals surface area contributed by atoms with E-state index in [1.807, 2.05) is 0 Å². The molecule has 1 aromatic rings. The lowest BCUT2D eigenvalue weighted by atomic mass is 9.87. The van der Waals surface area contributed by atoms with E-state index in [0.717, 1.165) is 25.3 Å². The van der Waals surface area contributed by atoms with E-state index in [0.29, 0.717) is 24.6 Å². The van der Waals surface area contributed by atoms with Crippen molar-refractivity contribution in [3.8, 4) is 0 Å². The molecule has 0 bridgehead atoms. The summed E-state index contributed by atoms with van der Waals surface area (Å²) in [5.74, 6) is -0.0182. The van der Waals surface area contributed by atoms with E-state index in [2.05, 4.69) is 9.37 Å². The number of carbonyl (C=O) groups is 1. The molecule has 0 saturated heterocycles. The first-order chi connectivity index (χ1) is 11.6. The SMILES string of the molecule is O=C(OCCC1CCCCC1)c1ccc(SOO[O-])c([N+](=O)[O-])c1. The van der Waals surface area contributed by atoms with Crippen molar-refractivity contribution in [2.24, 2.45) is 5.92 Å². The molecule has 0 atom stereocenters. The maximum atomic E-state index is 12.0. The number of benzene rings is 1. The number of ether oxygens (including phenoxy) is 1. The van der Waals surface area contributed by atoms with Crippen LogP contribution in [0.2, 0.25) is 0 Å². The zero-order valence-corrected chi connectivity index (χ0v) is 13.8. The smallest absolute Gasteiger partial charge is 0.338 e. The normalized spacial score (nSPS) is 15.2. The third kappa shape index (κ3) is 5.45. The van der Waals surface area contributed by atoms with Crippen LogP contribution in [-0.4, -0.2) is 17.5 Å². The summed E-state index contributed by atoms with van der Waals surface area (Å²) in [6.45, 7) is 0.306. The number of carbonyl (C=O) groups excluding carboxylic acids is 1. The van der Waals surface area contributed by atoms with Gasteiger partial charge in [0.05, 0.1) is 29.1 Å². The highest BCUT2D eigenvalue weighted by atomic mass is 32.2. The number of nitrogens with zero attached hydrogens (tertiary/aromatic N) is 1. The second kappa shape index (κ2) is 9.58. The van der Waals surface area contributed by atoms with Gasteiger partial charge in [0.25, 0.3) is 5.69 Å².